The van der Waals surface area contributed by atoms with E-state index in [1.54, 1.807) is 17.3 Å². The van der Waals surface area contributed by atoms with Crippen LogP contribution in [-0.4, -0.2) is 56.7 Å². The van der Waals surface area contributed by atoms with Crippen LogP contribution in [0.25, 0.3) is 0 Å². The molecule has 7 heteroatoms. The topological polar surface area (TPSA) is 74.5 Å². The van der Waals surface area contributed by atoms with Gasteiger partial charge in [0.1, 0.15) is 11.6 Å². The average Bonchev–Trinajstić information content (AvgIpc) is 3.28. The second-order valence-electron chi connectivity index (χ2n) is 6.46. The molecular weight excluding hydrogens is 318 g/mol. The fraction of sp³-hybridized carbons (Fsp3) is 0.500. The zero-order valence-corrected chi connectivity index (χ0v) is 14.8. The Balaban J connectivity index is 1.68. The number of aryl methyl sites for hydroxylation is 1. The lowest BCUT2D eigenvalue weighted by Gasteiger charge is -2.21. The first-order valence-corrected chi connectivity index (χ1v) is 8.69. The van der Waals surface area contributed by atoms with Crippen LogP contribution in [0.3, 0.4) is 0 Å². The molecule has 1 fully saturated rings. The molecule has 2 aromatic heterocycles. The second kappa shape index (κ2) is 7.65. The number of nitrogens with zero attached hydrogens (tertiary/aromatic N) is 5. The van der Waals surface area contributed by atoms with E-state index in [4.69, 9.17) is 0 Å². The molecule has 25 heavy (non-hydrogen) atoms. The summed E-state index contributed by atoms with van der Waals surface area (Å²) in [5.41, 5.74) is 0.581. The monoisotopic (exact) mass is 343 g/mol. The van der Waals surface area contributed by atoms with Crippen LogP contribution in [0.1, 0.15) is 29.5 Å². The molecule has 2 aromatic rings. The third-order valence-corrected chi connectivity index (χ3v) is 4.79. The molecule has 0 aliphatic carbocycles. The number of hydrogen-bond acceptors (Lipinski definition) is 5. The Kier molecular flexibility index (Phi) is 5.33. The zero-order valence-electron chi connectivity index (χ0n) is 14.8. The SMILES string of the molecule is CCN(Cc1nccn1C)C(=O)c1ccc(N2CC[C@H](CO)C2)nc1. The van der Waals surface area contributed by atoms with Gasteiger partial charge in [-0.2, -0.15) is 0 Å². The number of aromatic nitrogens is 3. The highest BCUT2D eigenvalue weighted by atomic mass is 16.3. The molecule has 134 valence electrons. The predicted molar refractivity (Wildman–Crippen MR) is 95.3 cm³/mol. The number of carbonyl (C=O) groups is 1. The molecule has 0 aromatic carbocycles. The van der Waals surface area contributed by atoms with E-state index in [2.05, 4.69) is 14.9 Å². The summed E-state index contributed by atoms with van der Waals surface area (Å²) in [6, 6.07) is 3.72. The lowest BCUT2D eigenvalue weighted by Crippen LogP contribution is -2.31. The summed E-state index contributed by atoms with van der Waals surface area (Å²) in [4.78, 5) is 25.4. The fourth-order valence-electron chi connectivity index (χ4n) is 3.12. The van der Waals surface area contributed by atoms with Crippen LogP contribution in [0.2, 0.25) is 0 Å². The number of aliphatic hydroxyl groups excluding tert-OH is 1. The van der Waals surface area contributed by atoms with Gasteiger partial charge in [-0.15, -0.1) is 0 Å². The maximum absolute atomic E-state index is 12.7. The van der Waals surface area contributed by atoms with Gasteiger partial charge >= 0.3 is 0 Å². The van der Waals surface area contributed by atoms with Crippen molar-refractivity contribution < 1.29 is 9.90 Å². The molecule has 1 saturated heterocycles. The van der Waals surface area contributed by atoms with E-state index < -0.39 is 0 Å². The fourth-order valence-corrected chi connectivity index (χ4v) is 3.12. The Hall–Kier alpha value is -2.41. The highest BCUT2D eigenvalue weighted by molar-refractivity contribution is 5.94. The number of aliphatic hydroxyl groups is 1. The second-order valence-corrected chi connectivity index (χ2v) is 6.46. The lowest BCUT2D eigenvalue weighted by atomic mass is 10.1. The van der Waals surface area contributed by atoms with Gasteiger partial charge in [-0.25, -0.2) is 9.97 Å². The molecule has 0 unspecified atom stereocenters. The molecular formula is C18H25N5O2. The number of carbonyl (C=O) groups excluding carboxylic acids is 1. The minimum absolute atomic E-state index is 0.0424. The summed E-state index contributed by atoms with van der Waals surface area (Å²) in [6.07, 6.45) is 6.23. The number of amides is 1. The van der Waals surface area contributed by atoms with Gasteiger partial charge in [0.15, 0.2) is 0 Å². The third-order valence-electron chi connectivity index (χ3n) is 4.79. The van der Waals surface area contributed by atoms with Crippen molar-refractivity contribution >= 4 is 11.7 Å². The molecule has 0 spiro atoms. The molecule has 1 N–H and O–H groups in total. The van der Waals surface area contributed by atoms with Crippen molar-refractivity contribution in [1.82, 2.24) is 19.4 Å². The van der Waals surface area contributed by atoms with E-state index in [1.165, 1.54) is 0 Å². The summed E-state index contributed by atoms with van der Waals surface area (Å²) >= 11 is 0. The Morgan fingerprint density at radius 1 is 1.40 bits per heavy atom. The number of rotatable bonds is 6. The largest absolute Gasteiger partial charge is 0.396 e. The number of anilines is 1. The van der Waals surface area contributed by atoms with Gasteiger partial charge < -0.3 is 19.5 Å². The Morgan fingerprint density at radius 3 is 2.80 bits per heavy atom. The molecule has 1 aliphatic heterocycles. The number of imidazole rings is 1. The summed E-state index contributed by atoms with van der Waals surface area (Å²) in [5, 5.41) is 9.26. The normalized spacial score (nSPS) is 17.1. The van der Waals surface area contributed by atoms with Crippen molar-refractivity contribution in [1.29, 1.82) is 0 Å². The van der Waals surface area contributed by atoms with Gasteiger partial charge in [0.25, 0.3) is 5.91 Å². The van der Waals surface area contributed by atoms with E-state index >= 15 is 0 Å². The van der Waals surface area contributed by atoms with Crippen molar-refractivity contribution in [2.45, 2.75) is 19.9 Å². The van der Waals surface area contributed by atoms with Gasteiger partial charge in [0.2, 0.25) is 0 Å². The van der Waals surface area contributed by atoms with Crippen molar-refractivity contribution in [2.75, 3.05) is 31.1 Å². The summed E-state index contributed by atoms with van der Waals surface area (Å²) in [7, 11) is 1.92. The smallest absolute Gasteiger partial charge is 0.255 e. The molecule has 3 rings (SSSR count). The van der Waals surface area contributed by atoms with Crippen molar-refractivity contribution in [3.8, 4) is 0 Å². The van der Waals surface area contributed by atoms with Gasteiger partial charge in [-0.3, -0.25) is 4.79 Å². The zero-order chi connectivity index (χ0) is 17.8. The van der Waals surface area contributed by atoms with E-state index in [-0.39, 0.29) is 12.5 Å². The standard InChI is InChI=1S/C18H25N5O2/c1-3-22(12-17-19-7-9-21(17)2)18(25)15-4-5-16(20-10-15)23-8-6-14(11-23)13-24/h4-5,7,9-10,14,24H,3,6,8,11-13H2,1-2H3/t14-/m0/s1. The van der Waals surface area contributed by atoms with Crippen LogP contribution in [0.4, 0.5) is 5.82 Å². The van der Waals surface area contributed by atoms with Crippen LogP contribution < -0.4 is 4.90 Å². The highest BCUT2D eigenvalue weighted by Crippen LogP contribution is 2.22. The molecule has 0 bridgehead atoms. The summed E-state index contributed by atoms with van der Waals surface area (Å²) in [5.74, 6) is 1.99. The van der Waals surface area contributed by atoms with E-state index in [0.717, 1.165) is 31.2 Å². The van der Waals surface area contributed by atoms with Crippen LogP contribution in [-0.2, 0) is 13.6 Å². The van der Waals surface area contributed by atoms with E-state index in [1.807, 2.05) is 36.9 Å². The minimum atomic E-state index is -0.0424. The third kappa shape index (κ3) is 3.82. The molecule has 1 amide bonds. The maximum atomic E-state index is 12.7. The number of pyridine rings is 1. The summed E-state index contributed by atoms with van der Waals surface area (Å²) < 4.78 is 1.92. The van der Waals surface area contributed by atoms with Gasteiger partial charge in [-0.1, -0.05) is 0 Å². The van der Waals surface area contributed by atoms with Gasteiger partial charge in [0, 0.05) is 57.8 Å². The molecule has 3 heterocycles. The van der Waals surface area contributed by atoms with Gasteiger partial charge in [-0.05, 0) is 25.5 Å². The van der Waals surface area contributed by atoms with Crippen LogP contribution in [0.15, 0.2) is 30.7 Å². The van der Waals surface area contributed by atoms with Gasteiger partial charge in [0.05, 0.1) is 12.1 Å². The minimum Gasteiger partial charge on any atom is -0.396 e. The lowest BCUT2D eigenvalue weighted by molar-refractivity contribution is 0.0747. The first-order valence-electron chi connectivity index (χ1n) is 8.69. The van der Waals surface area contributed by atoms with Crippen LogP contribution in [0.5, 0.6) is 0 Å². The number of hydrogen-bond donors (Lipinski definition) is 1. The molecule has 1 atom stereocenters. The Labute approximate surface area is 147 Å². The molecule has 1 aliphatic rings. The quantitative estimate of drug-likeness (QED) is 0.856. The van der Waals surface area contributed by atoms with E-state index in [9.17, 15) is 9.90 Å². The average molecular weight is 343 g/mol. The highest BCUT2D eigenvalue weighted by Gasteiger charge is 2.23. The van der Waals surface area contributed by atoms with Crippen LogP contribution in [0, 0.1) is 5.92 Å². The van der Waals surface area contributed by atoms with Crippen molar-refractivity contribution in [3.05, 3.63) is 42.1 Å². The molecule has 7 nitrogen and oxygen atoms in total. The van der Waals surface area contributed by atoms with E-state index in [0.29, 0.717) is 24.6 Å². The maximum Gasteiger partial charge on any atom is 0.255 e. The first kappa shape index (κ1) is 17.4. The van der Waals surface area contributed by atoms with Crippen molar-refractivity contribution in [2.24, 2.45) is 13.0 Å². The Morgan fingerprint density at radius 2 is 2.24 bits per heavy atom. The predicted octanol–water partition coefficient (Wildman–Crippen LogP) is 1.30. The van der Waals surface area contributed by atoms with Crippen molar-refractivity contribution in [3.63, 3.8) is 0 Å². The molecule has 0 radical (unpaired) electrons. The first-order chi connectivity index (χ1) is 12.1. The molecule has 0 saturated carbocycles. The van der Waals surface area contributed by atoms with Crippen LogP contribution >= 0.6 is 0 Å². The Bertz CT molecular complexity index is 713. The summed E-state index contributed by atoms with van der Waals surface area (Å²) in [6.45, 7) is 4.97.